The number of halogens is 1. The van der Waals surface area contributed by atoms with E-state index in [1.54, 1.807) is 20.8 Å². The van der Waals surface area contributed by atoms with Crippen LogP contribution in [-0.2, 0) is 9.84 Å². The van der Waals surface area contributed by atoms with E-state index in [9.17, 15) is 8.42 Å². The van der Waals surface area contributed by atoms with Crippen molar-refractivity contribution in [3.05, 3.63) is 16.7 Å². The van der Waals surface area contributed by atoms with Gasteiger partial charge in [0.2, 0.25) is 0 Å². The highest BCUT2D eigenvalue weighted by Crippen LogP contribution is 2.22. The van der Waals surface area contributed by atoms with E-state index in [-0.39, 0.29) is 15.8 Å². The first-order chi connectivity index (χ1) is 6.38. The first kappa shape index (κ1) is 11.4. The molecular formula is C8H11ClN2O2S. The Morgan fingerprint density at radius 3 is 2.29 bits per heavy atom. The number of aromatic nitrogens is 2. The Hall–Kier alpha value is -0.680. The standard InChI is InChI=1S/C8H11ClN2O2S/c1-4-14(12,13)7-5(2)10-6(3)11-8(7)9/h4H2,1-3H3. The summed E-state index contributed by atoms with van der Waals surface area (Å²) in [6, 6.07) is 0. The predicted molar refractivity (Wildman–Crippen MR) is 54.2 cm³/mol. The van der Waals surface area contributed by atoms with Crippen LogP contribution in [0.5, 0.6) is 0 Å². The zero-order valence-electron chi connectivity index (χ0n) is 8.20. The van der Waals surface area contributed by atoms with Gasteiger partial charge >= 0.3 is 0 Å². The fourth-order valence-electron chi connectivity index (χ4n) is 1.16. The largest absolute Gasteiger partial charge is 0.237 e. The third kappa shape index (κ3) is 2.04. The second-order valence-corrected chi connectivity index (χ2v) is 5.45. The smallest absolute Gasteiger partial charge is 0.182 e. The van der Waals surface area contributed by atoms with Crippen molar-refractivity contribution in [1.29, 1.82) is 0 Å². The van der Waals surface area contributed by atoms with Gasteiger partial charge in [0.25, 0.3) is 0 Å². The summed E-state index contributed by atoms with van der Waals surface area (Å²) < 4.78 is 23.2. The van der Waals surface area contributed by atoms with Crippen LogP contribution in [0.4, 0.5) is 0 Å². The van der Waals surface area contributed by atoms with E-state index >= 15 is 0 Å². The summed E-state index contributed by atoms with van der Waals surface area (Å²) in [4.78, 5) is 7.85. The van der Waals surface area contributed by atoms with Crippen LogP contribution in [0.25, 0.3) is 0 Å². The third-order valence-electron chi connectivity index (χ3n) is 1.80. The molecule has 78 valence electrons. The minimum absolute atomic E-state index is 0.0000189. The monoisotopic (exact) mass is 234 g/mol. The van der Waals surface area contributed by atoms with Crippen molar-refractivity contribution < 1.29 is 8.42 Å². The molecule has 0 radical (unpaired) electrons. The summed E-state index contributed by atoms with van der Waals surface area (Å²) in [7, 11) is -3.33. The van der Waals surface area contributed by atoms with Gasteiger partial charge in [0.1, 0.15) is 10.7 Å². The van der Waals surface area contributed by atoms with Crippen molar-refractivity contribution in [2.45, 2.75) is 25.7 Å². The maximum absolute atomic E-state index is 11.6. The molecule has 6 heteroatoms. The van der Waals surface area contributed by atoms with Crippen molar-refractivity contribution in [2.24, 2.45) is 0 Å². The Morgan fingerprint density at radius 1 is 1.29 bits per heavy atom. The van der Waals surface area contributed by atoms with Gasteiger partial charge in [-0.15, -0.1) is 0 Å². The number of hydrogen-bond donors (Lipinski definition) is 0. The third-order valence-corrected chi connectivity index (χ3v) is 4.05. The molecule has 4 nitrogen and oxygen atoms in total. The molecule has 0 unspecified atom stereocenters. The highest BCUT2D eigenvalue weighted by molar-refractivity contribution is 7.91. The molecule has 0 atom stereocenters. The molecule has 0 aliphatic carbocycles. The van der Waals surface area contributed by atoms with Gasteiger partial charge in [-0.25, -0.2) is 18.4 Å². The van der Waals surface area contributed by atoms with Crippen molar-refractivity contribution >= 4 is 21.4 Å². The molecule has 1 rings (SSSR count). The molecule has 1 aromatic rings. The maximum Gasteiger partial charge on any atom is 0.182 e. The van der Waals surface area contributed by atoms with Crippen LogP contribution in [-0.4, -0.2) is 24.1 Å². The quantitative estimate of drug-likeness (QED) is 0.729. The molecular weight excluding hydrogens is 224 g/mol. The molecule has 1 aromatic heterocycles. The lowest BCUT2D eigenvalue weighted by molar-refractivity contribution is 0.595. The first-order valence-corrected chi connectivity index (χ1v) is 6.15. The molecule has 0 aliphatic rings. The molecule has 14 heavy (non-hydrogen) atoms. The minimum atomic E-state index is -3.33. The van der Waals surface area contributed by atoms with Crippen LogP contribution in [0.2, 0.25) is 5.15 Å². The number of rotatable bonds is 2. The molecule has 0 bridgehead atoms. The molecule has 0 saturated carbocycles. The Balaban J connectivity index is 3.51. The topological polar surface area (TPSA) is 59.9 Å². The van der Waals surface area contributed by atoms with Gasteiger partial charge in [0.05, 0.1) is 11.4 Å². The lowest BCUT2D eigenvalue weighted by atomic mass is 10.4. The molecule has 0 N–H and O–H groups in total. The summed E-state index contributed by atoms with van der Waals surface area (Å²) in [6.07, 6.45) is 0. The van der Waals surface area contributed by atoms with E-state index in [1.807, 2.05) is 0 Å². The van der Waals surface area contributed by atoms with Gasteiger partial charge in [-0.05, 0) is 13.8 Å². The van der Waals surface area contributed by atoms with Crippen LogP contribution in [0, 0.1) is 13.8 Å². The second kappa shape index (κ2) is 3.82. The number of hydrogen-bond acceptors (Lipinski definition) is 4. The van der Waals surface area contributed by atoms with Gasteiger partial charge in [-0.3, -0.25) is 0 Å². The number of sulfone groups is 1. The van der Waals surface area contributed by atoms with Crippen LogP contribution >= 0.6 is 11.6 Å². The Kier molecular flexibility index (Phi) is 3.11. The summed E-state index contributed by atoms with van der Waals surface area (Å²) in [5.41, 5.74) is 0.407. The molecule has 0 amide bonds. The SMILES string of the molecule is CCS(=O)(=O)c1c(C)nc(C)nc1Cl. The van der Waals surface area contributed by atoms with Gasteiger partial charge in [-0.2, -0.15) is 0 Å². The van der Waals surface area contributed by atoms with Crippen molar-refractivity contribution in [1.82, 2.24) is 9.97 Å². The predicted octanol–water partition coefficient (Wildman–Crippen LogP) is 1.54. The number of aryl methyl sites for hydroxylation is 2. The summed E-state index contributed by atoms with van der Waals surface area (Å²) in [5.74, 6) is 0.475. The maximum atomic E-state index is 11.6. The Labute approximate surface area is 88.3 Å². The molecule has 0 spiro atoms. The Morgan fingerprint density at radius 2 is 1.86 bits per heavy atom. The van der Waals surface area contributed by atoms with Crippen molar-refractivity contribution in [2.75, 3.05) is 5.75 Å². The normalized spacial score (nSPS) is 11.7. The zero-order chi connectivity index (χ0) is 10.9. The molecule has 1 heterocycles. The van der Waals surface area contributed by atoms with Crippen LogP contribution < -0.4 is 0 Å². The number of nitrogens with zero attached hydrogens (tertiary/aromatic N) is 2. The average Bonchev–Trinajstić information content (AvgIpc) is 2.01. The van der Waals surface area contributed by atoms with Crippen LogP contribution in [0.1, 0.15) is 18.4 Å². The van der Waals surface area contributed by atoms with Crippen LogP contribution in [0.15, 0.2) is 4.90 Å². The molecule has 0 aliphatic heterocycles. The fourth-order valence-corrected chi connectivity index (χ4v) is 2.86. The van der Waals surface area contributed by atoms with Crippen molar-refractivity contribution in [3.63, 3.8) is 0 Å². The van der Waals surface area contributed by atoms with Crippen LogP contribution in [0.3, 0.4) is 0 Å². The lowest BCUT2D eigenvalue weighted by Gasteiger charge is -2.06. The zero-order valence-corrected chi connectivity index (χ0v) is 9.78. The molecule has 0 fully saturated rings. The van der Waals surface area contributed by atoms with Gasteiger partial charge in [0, 0.05) is 0 Å². The van der Waals surface area contributed by atoms with E-state index < -0.39 is 9.84 Å². The Bertz CT molecular complexity index is 433. The molecule has 0 aromatic carbocycles. The van der Waals surface area contributed by atoms with E-state index in [1.165, 1.54) is 0 Å². The van der Waals surface area contributed by atoms with E-state index in [2.05, 4.69) is 9.97 Å². The lowest BCUT2D eigenvalue weighted by Crippen LogP contribution is -2.10. The van der Waals surface area contributed by atoms with Gasteiger partial charge in [0.15, 0.2) is 15.0 Å². The first-order valence-electron chi connectivity index (χ1n) is 4.12. The molecule has 0 saturated heterocycles. The summed E-state index contributed by atoms with van der Waals surface area (Å²) in [6.45, 7) is 4.84. The van der Waals surface area contributed by atoms with E-state index in [4.69, 9.17) is 11.6 Å². The highest BCUT2D eigenvalue weighted by atomic mass is 35.5. The minimum Gasteiger partial charge on any atom is -0.237 e. The second-order valence-electron chi connectivity index (χ2n) is 2.88. The van der Waals surface area contributed by atoms with E-state index in [0.717, 1.165) is 0 Å². The van der Waals surface area contributed by atoms with E-state index in [0.29, 0.717) is 11.5 Å². The highest BCUT2D eigenvalue weighted by Gasteiger charge is 2.21. The summed E-state index contributed by atoms with van der Waals surface area (Å²) in [5, 5.41) is 0.0110. The van der Waals surface area contributed by atoms with Gasteiger partial charge < -0.3 is 0 Å². The average molecular weight is 235 g/mol. The fraction of sp³-hybridized carbons (Fsp3) is 0.500. The van der Waals surface area contributed by atoms with Crippen molar-refractivity contribution in [3.8, 4) is 0 Å². The van der Waals surface area contributed by atoms with Gasteiger partial charge in [-0.1, -0.05) is 18.5 Å². The summed E-state index contributed by atoms with van der Waals surface area (Å²) >= 11 is 5.77.